The molecule has 0 unspecified atom stereocenters. The van der Waals surface area contributed by atoms with E-state index in [2.05, 4.69) is 16.7 Å². The fraction of sp³-hybridized carbons (Fsp3) is 0.111. The van der Waals surface area contributed by atoms with Gasteiger partial charge in [0.1, 0.15) is 0 Å². The largest absolute Gasteiger partial charge is 0.482 e. The van der Waals surface area contributed by atoms with Crippen LogP contribution in [0.5, 0.6) is 0 Å². The van der Waals surface area contributed by atoms with E-state index in [0.29, 0.717) is 0 Å². The molecule has 0 aromatic carbocycles. The number of hydrogen-bond acceptors (Lipinski definition) is 3. The van der Waals surface area contributed by atoms with Gasteiger partial charge in [-0.05, 0) is 12.2 Å². The van der Waals surface area contributed by atoms with Crippen molar-refractivity contribution in [3.63, 3.8) is 0 Å². The summed E-state index contributed by atoms with van der Waals surface area (Å²) in [6.45, 7) is 0. The molecule has 1 radical (unpaired) electrons. The Hall–Kier alpha value is -1.64. The zero-order valence-electron chi connectivity index (χ0n) is 6.72. The van der Waals surface area contributed by atoms with Crippen molar-refractivity contribution < 1.29 is 4.74 Å². The van der Waals surface area contributed by atoms with Crippen molar-refractivity contribution in [1.29, 1.82) is 0 Å². The molecule has 0 saturated heterocycles. The van der Waals surface area contributed by atoms with Gasteiger partial charge in [-0.25, -0.2) is 0 Å². The molecule has 0 aliphatic carbocycles. The van der Waals surface area contributed by atoms with Crippen LogP contribution in [-0.4, -0.2) is 7.11 Å². The summed E-state index contributed by atoms with van der Waals surface area (Å²) in [4.78, 5) is 0. The summed E-state index contributed by atoms with van der Waals surface area (Å²) in [5, 5.41) is 6.15. The molecule has 2 rings (SSSR count). The molecule has 0 bridgehead atoms. The minimum Gasteiger partial charge on any atom is -0.482 e. The van der Waals surface area contributed by atoms with Gasteiger partial charge >= 0.3 is 0 Å². The lowest BCUT2D eigenvalue weighted by Gasteiger charge is -2.20. The number of fused-ring (bicyclic) bond motifs is 1. The predicted octanol–water partition coefficient (Wildman–Crippen LogP) is 0.765. The first-order chi connectivity index (χ1) is 5.90. The summed E-state index contributed by atoms with van der Waals surface area (Å²) < 4.78 is 5.03. The van der Waals surface area contributed by atoms with E-state index in [9.17, 15) is 0 Å². The highest BCUT2D eigenvalue weighted by Gasteiger charge is 2.11. The van der Waals surface area contributed by atoms with Crippen molar-refractivity contribution in [3.8, 4) is 0 Å². The molecule has 12 heavy (non-hydrogen) atoms. The van der Waals surface area contributed by atoms with E-state index < -0.39 is 0 Å². The van der Waals surface area contributed by atoms with Crippen LogP contribution in [0.2, 0.25) is 0 Å². The predicted molar refractivity (Wildman–Crippen MR) is 45.3 cm³/mol. The van der Waals surface area contributed by atoms with Crippen LogP contribution in [0.3, 0.4) is 0 Å². The molecule has 0 fully saturated rings. The van der Waals surface area contributed by atoms with Gasteiger partial charge in [-0.1, -0.05) is 0 Å². The Morgan fingerprint density at radius 3 is 3.17 bits per heavy atom. The minimum absolute atomic E-state index is 0.735. The molecule has 2 heterocycles. The number of methoxy groups -OCH3 is 1. The Balaban J connectivity index is 2.28. The minimum atomic E-state index is 0.735. The van der Waals surface area contributed by atoms with Crippen LogP contribution in [0.15, 0.2) is 41.7 Å². The average molecular weight is 161 g/mol. The first-order valence-corrected chi connectivity index (χ1v) is 3.68. The van der Waals surface area contributed by atoms with Crippen LogP contribution in [0.4, 0.5) is 0 Å². The third kappa shape index (κ3) is 1.09. The summed E-state index contributed by atoms with van der Waals surface area (Å²) in [5.74, 6) is 0.735. The van der Waals surface area contributed by atoms with Crippen LogP contribution in [0.1, 0.15) is 0 Å². The molecule has 0 aromatic heterocycles. The number of ether oxygens (including phenoxy) is 1. The Morgan fingerprint density at radius 2 is 2.33 bits per heavy atom. The van der Waals surface area contributed by atoms with Crippen LogP contribution < -0.4 is 10.6 Å². The van der Waals surface area contributed by atoms with Crippen LogP contribution in [0.25, 0.3) is 0 Å². The maximum Gasteiger partial charge on any atom is 0.190 e. The average Bonchev–Trinajstić information content (AvgIpc) is 2.17. The molecule has 0 aromatic rings. The zero-order valence-corrected chi connectivity index (χ0v) is 6.72. The Bertz CT molecular complexity index is 310. The summed E-state index contributed by atoms with van der Waals surface area (Å²) in [6.07, 6.45) is 10.5. The van der Waals surface area contributed by atoms with Crippen LogP contribution in [0, 0.1) is 6.08 Å². The molecule has 0 spiro atoms. The van der Waals surface area contributed by atoms with E-state index in [-0.39, 0.29) is 0 Å². The van der Waals surface area contributed by atoms with E-state index in [4.69, 9.17) is 4.74 Å². The molecule has 2 aliphatic heterocycles. The molecule has 0 saturated carbocycles. The third-order valence-electron chi connectivity index (χ3n) is 1.69. The highest BCUT2D eigenvalue weighted by atomic mass is 16.5. The van der Waals surface area contributed by atoms with Gasteiger partial charge in [0, 0.05) is 18.4 Å². The van der Waals surface area contributed by atoms with E-state index >= 15 is 0 Å². The maximum atomic E-state index is 5.03. The van der Waals surface area contributed by atoms with E-state index in [1.165, 1.54) is 0 Å². The number of allylic oxidation sites excluding steroid dienone is 4. The highest BCUT2D eigenvalue weighted by Crippen LogP contribution is 2.14. The summed E-state index contributed by atoms with van der Waals surface area (Å²) in [6, 6.07) is 0. The number of nitrogens with one attached hydrogen (secondary N) is 2. The molecule has 61 valence electrons. The molecular weight excluding hydrogens is 152 g/mol. The SMILES string of the molecule is COC1=CC=C2NC=C[C]=C2N1. The fourth-order valence-corrected chi connectivity index (χ4v) is 1.08. The summed E-state index contributed by atoms with van der Waals surface area (Å²) >= 11 is 0. The Labute approximate surface area is 71.1 Å². The summed E-state index contributed by atoms with van der Waals surface area (Å²) in [7, 11) is 1.63. The van der Waals surface area contributed by atoms with Crippen molar-refractivity contribution in [3.05, 3.63) is 47.8 Å². The van der Waals surface area contributed by atoms with Crippen molar-refractivity contribution in [2.24, 2.45) is 0 Å². The lowest BCUT2D eigenvalue weighted by Crippen LogP contribution is -2.25. The van der Waals surface area contributed by atoms with Crippen molar-refractivity contribution in [2.75, 3.05) is 7.11 Å². The van der Waals surface area contributed by atoms with Crippen LogP contribution in [-0.2, 0) is 4.74 Å². The van der Waals surface area contributed by atoms with Gasteiger partial charge in [0.15, 0.2) is 5.88 Å². The highest BCUT2D eigenvalue weighted by molar-refractivity contribution is 5.40. The van der Waals surface area contributed by atoms with Gasteiger partial charge in [0.25, 0.3) is 0 Å². The first-order valence-electron chi connectivity index (χ1n) is 3.68. The van der Waals surface area contributed by atoms with E-state index in [1.54, 1.807) is 7.11 Å². The van der Waals surface area contributed by atoms with E-state index in [0.717, 1.165) is 17.3 Å². The third-order valence-corrected chi connectivity index (χ3v) is 1.69. The zero-order chi connectivity index (χ0) is 8.39. The molecule has 2 N–H and O–H groups in total. The lowest BCUT2D eigenvalue weighted by molar-refractivity contribution is 0.268. The molecule has 3 heteroatoms. The molecule has 0 amide bonds. The summed E-state index contributed by atoms with van der Waals surface area (Å²) in [5.41, 5.74) is 1.93. The first kappa shape index (κ1) is 7.03. The van der Waals surface area contributed by atoms with Crippen LogP contribution >= 0.6 is 0 Å². The number of rotatable bonds is 1. The quantitative estimate of drug-likeness (QED) is 0.595. The van der Waals surface area contributed by atoms with Crippen molar-refractivity contribution >= 4 is 0 Å². The standard InChI is InChI=1S/C9H9N2O/c1-12-9-5-4-7-8(11-9)3-2-6-10-7/h2,4-6,10-11H,1H3. The molecule has 3 nitrogen and oxygen atoms in total. The van der Waals surface area contributed by atoms with Crippen molar-refractivity contribution in [1.82, 2.24) is 10.6 Å². The molecule has 2 aliphatic rings. The Morgan fingerprint density at radius 1 is 1.42 bits per heavy atom. The Kier molecular flexibility index (Phi) is 1.63. The lowest BCUT2D eigenvalue weighted by atomic mass is 10.2. The number of dihydropyridines is 2. The van der Waals surface area contributed by atoms with Crippen molar-refractivity contribution in [2.45, 2.75) is 0 Å². The second-order valence-electron chi connectivity index (χ2n) is 2.44. The van der Waals surface area contributed by atoms with Gasteiger partial charge in [0.2, 0.25) is 0 Å². The normalized spacial score (nSPS) is 19.2. The van der Waals surface area contributed by atoms with Gasteiger partial charge in [-0.3, -0.25) is 0 Å². The molecular formula is C9H9N2O. The second kappa shape index (κ2) is 2.77. The fourth-order valence-electron chi connectivity index (χ4n) is 1.08. The topological polar surface area (TPSA) is 33.3 Å². The van der Waals surface area contributed by atoms with Gasteiger partial charge in [-0.2, -0.15) is 0 Å². The van der Waals surface area contributed by atoms with Gasteiger partial charge in [0.05, 0.1) is 18.5 Å². The van der Waals surface area contributed by atoms with Gasteiger partial charge in [-0.15, -0.1) is 0 Å². The number of hydrogen-bond donors (Lipinski definition) is 2. The molecule has 0 atom stereocenters. The second-order valence-corrected chi connectivity index (χ2v) is 2.44. The maximum absolute atomic E-state index is 5.03. The smallest absolute Gasteiger partial charge is 0.190 e. The van der Waals surface area contributed by atoms with E-state index in [1.807, 2.05) is 24.4 Å². The van der Waals surface area contributed by atoms with Gasteiger partial charge < -0.3 is 15.4 Å². The monoisotopic (exact) mass is 161 g/mol.